The van der Waals surface area contributed by atoms with Gasteiger partial charge in [-0.05, 0) is 25.5 Å². The summed E-state index contributed by atoms with van der Waals surface area (Å²) in [5.41, 5.74) is 0.0997. The molecule has 1 saturated heterocycles. The van der Waals surface area contributed by atoms with Crippen LogP contribution in [0.4, 0.5) is 0 Å². The van der Waals surface area contributed by atoms with Gasteiger partial charge in [-0.1, -0.05) is 0 Å². The van der Waals surface area contributed by atoms with Gasteiger partial charge < -0.3 is 4.74 Å². The summed E-state index contributed by atoms with van der Waals surface area (Å²) in [5, 5.41) is 8.99. The second-order valence-corrected chi connectivity index (χ2v) is 8.53. The van der Waals surface area contributed by atoms with Crippen LogP contribution in [0.5, 0.6) is 5.88 Å². The molecular formula is C14H14N4O3S2. The van der Waals surface area contributed by atoms with Crippen molar-refractivity contribution in [3.63, 3.8) is 0 Å². The Hall–Kier alpha value is -2.02. The minimum atomic E-state index is -3.49. The van der Waals surface area contributed by atoms with Gasteiger partial charge >= 0.3 is 0 Å². The minimum Gasteiger partial charge on any atom is -0.471 e. The first-order valence-corrected chi connectivity index (χ1v) is 9.20. The van der Waals surface area contributed by atoms with Gasteiger partial charge in [-0.3, -0.25) is 0 Å². The summed E-state index contributed by atoms with van der Waals surface area (Å²) < 4.78 is 32.6. The van der Waals surface area contributed by atoms with Crippen LogP contribution in [0.1, 0.15) is 17.0 Å². The zero-order valence-corrected chi connectivity index (χ0v) is 14.0. The molecule has 3 heterocycles. The number of nitriles is 1. The quantitative estimate of drug-likeness (QED) is 0.830. The molecule has 0 spiro atoms. The number of hydrogen-bond acceptors (Lipinski definition) is 7. The first-order valence-electron chi connectivity index (χ1n) is 6.95. The predicted octanol–water partition coefficient (Wildman–Crippen LogP) is 1.56. The van der Waals surface area contributed by atoms with Gasteiger partial charge in [-0.2, -0.15) is 9.57 Å². The Bertz CT molecular complexity index is 857. The van der Waals surface area contributed by atoms with Gasteiger partial charge in [0.1, 0.15) is 16.4 Å². The maximum atomic E-state index is 12.6. The van der Waals surface area contributed by atoms with Crippen molar-refractivity contribution >= 4 is 21.4 Å². The van der Waals surface area contributed by atoms with Gasteiger partial charge in [0.05, 0.1) is 6.54 Å². The normalized spacial score (nSPS) is 18.7. The van der Waals surface area contributed by atoms with Gasteiger partial charge in [0.2, 0.25) is 5.69 Å². The first-order chi connectivity index (χ1) is 11.0. The zero-order valence-electron chi connectivity index (χ0n) is 12.3. The van der Waals surface area contributed by atoms with Gasteiger partial charge in [-0.15, -0.1) is 11.3 Å². The van der Waals surface area contributed by atoms with Crippen molar-refractivity contribution in [1.82, 2.24) is 14.3 Å². The fourth-order valence-corrected chi connectivity index (χ4v) is 5.26. The van der Waals surface area contributed by atoms with Crippen molar-refractivity contribution in [3.05, 3.63) is 35.1 Å². The molecule has 2 aromatic rings. The summed E-state index contributed by atoms with van der Waals surface area (Å²) in [5.74, 6) is 0.145. The summed E-state index contributed by atoms with van der Waals surface area (Å²) in [7, 11) is -3.49. The zero-order chi connectivity index (χ0) is 16.4. The lowest BCUT2D eigenvalue weighted by molar-refractivity contribution is 0.205. The molecule has 0 aliphatic carbocycles. The number of rotatable bonds is 4. The lowest BCUT2D eigenvalue weighted by atomic mass is 10.3. The maximum absolute atomic E-state index is 12.6. The van der Waals surface area contributed by atoms with E-state index < -0.39 is 10.0 Å². The van der Waals surface area contributed by atoms with Crippen LogP contribution in [-0.2, 0) is 10.0 Å². The first kappa shape index (κ1) is 15.9. The van der Waals surface area contributed by atoms with Gasteiger partial charge in [0.25, 0.3) is 15.9 Å². The number of aromatic nitrogens is 2. The van der Waals surface area contributed by atoms with Crippen molar-refractivity contribution < 1.29 is 13.2 Å². The number of aryl methyl sites for hydroxylation is 1. The molecule has 0 bridgehead atoms. The third-order valence-corrected chi connectivity index (χ3v) is 6.80. The van der Waals surface area contributed by atoms with E-state index in [0.717, 1.165) is 4.88 Å². The number of hydrogen-bond donors (Lipinski definition) is 0. The smallest absolute Gasteiger partial charge is 0.252 e. The molecule has 9 heteroatoms. The van der Waals surface area contributed by atoms with Crippen LogP contribution in [0.15, 0.2) is 28.7 Å². The van der Waals surface area contributed by atoms with Crippen LogP contribution < -0.4 is 4.74 Å². The number of ether oxygens (including phenoxy) is 1. The average Bonchev–Trinajstić information content (AvgIpc) is 3.17. The van der Waals surface area contributed by atoms with E-state index in [2.05, 4.69) is 9.97 Å². The van der Waals surface area contributed by atoms with Crippen LogP contribution in [0.25, 0.3) is 0 Å². The highest BCUT2D eigenvalue weighted by Crippen LogP contribution is 2.28. The van der Waals surface area contributed by atoms with Crippen LogP contribution in [0.2, 0.25) is 0 Å². The highest BCUT2D eigenvalue weighted by atomic mass is 32.2. The lowest BCUT2D eigenvalue weighted by Gasteiger charge is -2.16. The highest BCUT2D eigenvalue weighted by molar-refractivity contribution is 7.91. The van der Waals surface area contributed by atoms with Crippen LogP contribution in [-0.4, -0.2) is 41.9 Å². The maximum Gasteiger partial charge on any atom is 0.252 e. The molecule has 1 atom stereocenters. The van der Waals surface area contributed by atoms with Crippen LogP contribution >= 0.6 is 11.3 Å². The average molecular weight is 350 g/mol. The Kier molecular flexibility index (Phi) is 4.30. The molecule has 0 saturated carbocycles. The van der Waals surface area contributed by atoms with Crippen LogP contribution in [0.3, 0.4) is 0 Å². The molecule has 1 aliphatic rings. The van der Waals surface area contributed by atoms with Crippen molar-refractivity contribution in [2.45, 2.75) is 23.7 Å². The monoisotopic (exact) mass is 350 g/mol. The van der Waals surface area contributed by atoms with E-state index >= 15 is 0 Å². The minimum absolute atomic E-state index is 0.0997. The predicted molar refractivity (Wildman–Crippen MR) is 83.6 cm³/mol. The second-order valence-electron chi connectivity index (χ2n) is 5.08. The Labute approximate surface area is 138 Å². The van der Waals surface area contributed by atoms with E-state index in [1.807, 2.05) is 13.0 Å². The molecule has 3 rings (SSSR count). The van der Waals surface area contributed by atoms with E-state index in [-0.39, 0.29) is 24.2 Å². The standard InChI is InChI=1S/C14H14N4O3S2/c1-10-2-3-13(22-10)23(19,20)18-7-4-11(9-18)21-14-12(8-15)16-5-6-17-14/h2-3,5-6,11H,4,7,9H2,1H3/t11-/m1/s1. The van der Waals surface area contributed by atoms with Crippen molar-refractivity contribution in [3.8, 4) is 11.9 Å². The van der Waals surface area contributed by atoms with E-state index in [9.17, 15) is 8.42 Å². The van der Waals surface area contributed by atoms with Gasteiger partial charge in [-0.25, -0.2) is 18.4 Å². The fourth-order valence-electron chi connectivity index (χ4n) is 2.34. The lowest BCUT2D eigenvalue weighted by Crippen LogP contribution is -2.30. The SMILES string of the molecule is Cc1ccc(S(=O)(=O)N2CC[C@@H](Oc3nccnc3C#N)C2)s1. The third kappa shape index (κ3) is 3.19. The number of sulfonamides is 1. The Morgan fingerprint density at radius 2 is 2.17 bits per heavy atom. The summed E-state index contributed by atoms with van der Waals surface area (Å²) in [4.78, 5) is 8.82. The summed E-state index contributed by atoms with van der Waals surface area (Å²) in [6.07, 6.45) is 3.06. The van der Waals surface area contributed by atoms with Gasteiger partial charge in [0, 0.05) is 23.8 Å². The molecule has 1 fully saturated rings. The molecule has 0 amide bonds. The fraction of sp³-hybridized carbons (Fsp3) is 0.357. The molecule has 7 nitrogen and oxygen atoms in total. The molecule has 0 unspecified atom stereocenters. The third-order valence-electron chi connectivity index (χ3n) is 3.47. The largest absolute Gasteiger partial charge is 0.471 e. The highest BCUT2D eigenvalue weighted by Gasteiger charge is 2.34. The van der Waals surface area contributed by atoms with E-state index in [4.69, 9.17) is 10.00 Å². The van der Waals surface area contributed by atoms with Crippen molar-refractivity contribution in [1.29, 1.82) is 5.26 Å². The van der Waals surface area contributed by atoms with Crippen molar-refractivity contribution in [2.75, 3.05) is 13.1 Å². The molecule has 2 aromatic heterocycles. The molecule has 23 heavy (non-hydrogen) atoms. The molecular weight excluding hydrogens is 336 g/mol. The molecule has 120 valence electrons. The summed E-state index contributed by atoms with van der Waals surface area (Å²) in [6, 6.07) is 5.33. The van der Waals surface area contributed by atoms with E-state index in [1.54, 1.807) is 12.1 Å². The van der Waals surface area contributed by atoms with Crippen LogP contribution in [0, 0.1) is 18.3 Å². The Balaban J connectivity index is 1.73. The Morgan fingerprint density at radius 3 is 2.87 bits per heavy atom. The molecule has 1 aliphatic heterocycles. The number of nitrogens with zero attached hydrogens (tertiary/aromatic N) is 4. The van der Waals surface area contributed by atoms with Gasteiger partial charge in [0.15, 0.2) is 0 Å². The molecule has 0 N–H and O–H groups in total. The van der Waals surface area contributed by atoms with E-state index in [1.165, 1.54) is 28.0 Å². The number of thiophene rings is 1. The Morgan fingerprint density at radius 1 is 1.39 bits per heavy atom. The second kappa shape index (κ2) is 6.23. The summed E-state index contributed by atoms with van der Waals surface area (Å²) in [6.45, 7) is 2.49. The molecule has 0 aromatic carbocycles. The summed E-state index contributed by atoms with van der Waals surface area (Å²) >= 11 is 1.26. The topological polar surface area (TPSA) is 96.2 Å². The van der Waals surface area contributed by atoms with E-state index in [0.29, 0.717) is 17.2 Å². The van der Waals surface area contributed by atoms with Crippen molar-refractivity contribution in [2.24, 2.45) is 0 Å². The molecule has 0 radical (unpaired) electrons.